The second kappa shape index (κ2) is 8.30. The van der Waals surface area contributed by atoms with Crippen molar-refractivity contribution in [3.05, 3.63) is 82.9 Å². The van der Waals surface area contributed by atoms with Gasteiger partial charge in [-0.15, -0.1) is 24.8 Å². The summed E-state index contributed by atoms with van der Waals surface area (Å²) in [6.45, 7) is 2.31. The van der Waals surface area contributed by atoms with Crippen molar-refractivity contribution in [2.24, 2.45) is 0 Å². The van der Waals surface area contributed by atoms with Crippen LogP contribution in [0.25, 0.3) is 12.2 Å². The van der Waals surface area contributed by atoms with Crippen molar-refractivity contribution in [2.45, 2.75) is 25.2 Å². The van der Waals surface area contributed by atoms with E-state index in [-0.39, 0.29) is 24.8 Å². The van der Waals surface area contributed by atoms with Crippen LogP contribution >= 0.6 is 24.8 Å². The summed E-state index contributed by atoms with van der Waals surface area (Å²) in [5, 5.41) is 0. The summed E-state index contributed by atoms with van der Waals surface area (Å²) >= 11 is -2.60. The van der Waals surface area contributed by atoms with Crippen LogP contribution in [-0.2, 0) is 19.8 Å². The van der Waals surface area contributed by atoms with Gasteiger partial charge in [-0.05, 0) is 0 Å². The van der Waals surface area contributed by atoms with Crippen molar-refractivity contribution in [2.75, 3.05) is 0 Å². The third-order valence-electron chi connectivity index (χ3n) is 5.58. The van der Waals surface area contributed by atoms with Crippen molar-refractivity contribution in [1.82, 2.24) is 0 Å². The zero-order chi connectivity index (χ0) is 15.9. The van der Waals surface area contributed by atoms with Crippen molar-refractivity contribution in [3.8, 4) is 0 Å². The maximum Gasteiger partial charge on any atom is -0.147 e. The summed E-state index contributed by atoms with van der Waals surface area (Å²) in [6, 6.07) is 18.0. The van der Waals surface area contributed by atoms with Crippen LogP contribution in [0.3, 0.4) is 0 Å². The van der Waals surface area contributed by atoms with Crippen LogP contribution in [0.5, 0.6) is 0 Å². The van der Waals surface area contributed by atoms with Crippen molar-refractivity contribution >= 4 is 40.7 Å². The zero-order valence-corrected chi connectivity index (χ0v) is 18.8. The Bertz CT molecular complexity index is 798. The maximum absolute atomic E-state index is 2.74. The number of benzene rings is 2. The molecule has 0 amide bonds. The number of fused-ring (bicyclic) bond motifs is 2. The van der Waals surface area contributed by atoms with Gasteiger partial charge in [0.25, 0.3) is 0 Å². The topological polar surface area (TPSA) is 0 Å². The first kappa shape index (κ1) is 20.6. The van der Waals surface area contributed by atoms with Gasteiger partial charge >= 0.3 is 144 Å². The number of rotatable bonds is 3. The van der Waals surface area contributed by atoms with Crippen LogP contribution in [0, 0.1) is 0 Å². The molecule has 0 radical (unpaired) electrons. The maximum atomic E-state index is 2.74. The second-order valence-electron chi connectivity index (χ2n) is 6.91. The minimum Gasteiger partial charge on any atom is -0.147 e. The SMILES string of the molecule is CC[CH]=[Zr]([CH3])([CH]1C=Cc2ccccc21)[CH]1C=Cc2ccccc21.Cl.Cl. The molecule has 2 aromatic rings. The van der Waals surface area contributed by atoms with Crippen molar-refractivity contribution in [1.29, 1.82) is 0 Å². The summed E-state index contributed by atoms with van der Waals surface area (Å²) in [5.41, 5.74) is 5.99. The van der Waals surface area contributed by atoms with Gasteiger partial charge in [0.05, 0.1) is 0 Å². The van der Waals surface area contributed by atoms with Crippen LogP contribution in [0.15, 0.2) is 60.7 Å². The molecule has 25 heavy (non-hydrogen) atoms. The molecule has 0 bridgehead atoms. The van der Waals surface area contributed by atoms with E-state index >= 15 is 0 Å². The molecule has 2 aromatic carbocycles. The molecule has 2 aliphatic rings. The van der Waals surface area contributed by atoms with Gasteiger partial charge in [0.1, 0.15) is 0 Å². The minimum absolute atomic E-state index is 0. The summed E-state index contributed by atoms with van der Waals surface area (Å²) in [4.78, 5) is 0. The van der Waals surface area contributed by atoms with Gasteiger partial charge in [-0.1, -0.05) is 0 Å². The molecule has 0 fully saturated rings. The Morgan fingerprint density at radius 2 is 1.24 bits per heavy atom. The molecular weight excluding hydrogens is 426 g/mol. The molecule has 0 saturated heterocycles. The summed E-state index contributed by atoms with van der Waals surface area (Å²) < 4.78 is 6.69. The fraction of sp³-hybridized carbons (Fsp3) is 0.227. The molecule has 0 nitrogen and oxygen atoms in total. The van der Waals surface area contributed by atoms with E-state index < -0.39 is 19.8 Å². The van der Waals surface area contributed by atoms with Gasteiger partial charge in [-0.3, -0.25) is 0 Å². The molecule has 0 N–H and O–H groups in total. The number of allylic oxidation sites excluding steroid dienone is 2. The third-order valence-corrected chi connectivity index (χ3v) is 17.8. The van der Waals surface area contributed by atoms with E-state index in [1.54, 1.807) is 11.1 Å². The standard InChI is InChI=1S/2C9H7.C3H6.CH3.2ClH.Zr/c2*1-2-5-9-7-3-6-8(9)4-1;1-3-2;;;;/h2*1-7H;1H,3H2,2H3;1H3;2*1H;. The van der Waals surface area contributed by atoms with Crippen molar-refractivity contribution in [3.63, 3.8) is 0 Å². The van der Waals surface area contributed by atoms with E-state index in [2.05, 4.69) is 88.1 Å². The van der Waals surface area contributed by atoms with Gasteiger partial charge in [-0.2, -0.15) is 0 Å². The largest absolute Gasteiger partial charge is 0.147 e. The van der Waals surface area contributed by atoms with Crippen molar-refractivity contribution < 1.29 is 19.8 Å². The molecule has 2 aliphatic carbocycles. The van der Waals surface area contributed by atoms with Gasteiger partial charge in [0, 0.05) is 0 Å². The summed E-state index contributed by atoms with van der Waals surface area (Å²) in [7, 11) is 0. The molecule has 0 aromatic heterocycles. The second-order valence-corrected chi connectivity index (χ2v) is 17.7. The molecule has 2 unspecified atom stereocenters. The van der Waals surface area contributed by atoms with Crippen LogP contribution in [0.2, 0.25) is 4.63 Å². The van der Waals surface area contributed by atoms with Crippen LogP contribution in [0.4, 0.5) is 0 Å². The van der Waals surface area contributed by atoms with Crippen LogP contribution < -0.4 is 0 Å². The number of halogens is 2. The zero-order valence-electron chi connectivity index (χ0n) is 14.7. The molecule has 3 heteroatoms. The van der Waals surface area contributed by atoms with E-state index in [0.717, 1.165) is 0 Å². The van der Waals surface area contributed by atoms with Crippen LogP contribution in [-0.4, -0.2) is 3.71 Å². The summed E-state index contributed by atoms with van der Waals surface area (Å²) in [5.74, 6) is 0. The first-order valence-corrected chi connectivity index (χ1v) is 15.3. The average Bonchev–Trinajstić information content (AvgIpc) is 3.20. The summed E-state index contributed by atoms with van der Waals surface area (Å²) in [6.07, 6.45) is 10.9. The molecule has 0 heterocycles. The fourth-order valence-corrected chi connectivity index (χ4v) is 15.9. The van der Waals surface area contributed by atoms with E-state index in [9.17, 15) is 0 Å². The number of hydrogen-bond acceptors (Lipinski definition) is 0. The van der Waals surface area contributed by atoms with Gasteiger partial charge in [-0.25, -0.2) is 0 Å². The smallest absolute Gasteiger partial charge is 0.147 e. The Labute approximate surface area is 167 Å². The number of hydrogen-bond donors (Lipinski definition) is 0. The first-order valence-electron chi connectivity index (χ1n) is 8.62. The minimum atomic E-state index is -2.60. The Hall–Kier alpha value is -0.747. The third kappa shape index (κ3) is 3.44. The normalized spacial score (nSPS) is 21.5. The van der Waals surface area contributed by atoms with Gasteiger partial charge < -0.3 is 0 Å². The predicted octanol–water partition coefficient (Wildman–Crippen LogP) is 6.78. The molecule has 0 spiro atoms. The average molecular weight is 452 g/mol. The van der Waals surface area contributed by atoms with E-state index in [0.29, 0.717) is 7.25 Å². The predicted molar refractivity (Wildman–Crippen MR) is 113 cm³/mol. The molecule has 4 rings (SSSR count). The molecule has 0 aliphatic heterocycles. The monoisotopic (exact) mass is 449 g/mol. The van der Waals surface area contributed by atoms with Crippen LogP contribution in [0.1, 0.15) is 42.8 Å². The Morgan fingerprint density at radius 1 is 0.800 bits per heavy atom. The van der Waals surface area contributed by atoms with Gasteiger partial charge in [0.2, 0.25) is 0 Å². The first-order chi connectivity index (χ1) is 11.2. The fourth-order valence-electron chi connectivity index (χ4n) is 4.47. The quantitative estimate of drug-likeness (QED) is 0.483. The Morgan fingerprint density at radius 3 is 1.68 bits per heavy atom. The van der Waals surface area contributed by atoms with E-state index in [4.69, 9.17) is 0 Å². The Kier molecular flexibility index (Phi) is 6.82. The Balaban J connectivity index is 0.00000113. The van der Waals surface area contributed by atoms with E-state index in [1.165, 1.54) is 17.5 Å². The molecule has 0 saturated carbocycles. The molecule has 131 valence electrons. The molecule has 2 atom stereocenters. The molecular formula is C22H25Cl2Zr. The van der Waals surface area contributed by atoms with Gasteiger partial charge in [0.15, 0.2) is 0 Å². The van der Waals surface area contributed by atoms with E-state index in [1.807, 2.05) is 0 Å².